The zero-order chi connectivity index (χ0) is 17.6. The average Bonchev–Trinajstić information content (AvgIpc) is 3.36. The molecular weight excluding hydrogens is 320 g/mol. The number of ether oxygens (including phenoxy) is 2. The number of carbonyl (C=O) groups is 1. The summed E-state index contributed by atoms with van der Waals surface area (Å²) in [7, 11) is 3.17. The molecule has 4 rings (SSSR count). The molecule has 6 heteroatoms. The van der Waals surface area contributed by atoms with E-state index in [1.54, 1.807) is 26.4 Å². The van der Waals surface area contributed by atoms with Crippen LogP contribution in [0.2, 0.25) is 0 Å². The summed E-state index contributed by atoms with van der Waals surface area (Å²) in [6.07, 6.45) is 0.722. The number of methoxy groups -OCH3 is 2. The summed E-state index contributed by atoms with van der Waals surface area (Å²) in [6.45, 7) is 0. The van der Waals surface area contributed by atoms with Crippen molar-refractivity contribution in [1.82, 2.24) is 9.55 Å². The van der Waals surface area contributed by atoms with Gasteiger partial charge in [-0.2, -0.15) is 0 Å². The second-order valence-electron chi connectivity index (χ2n) is 6.18. The molecule has 2 atom stereocenters. The standard InChI is InChI=1S/C19H18N2O4/c1-24-16-8-7-11(9-17(16)25-2)12-10-13(12)18(22)21-15-6-4-3-5-14(15)20-19(21)23/h3-9,12-13H,10H2,1-2H3,(H,20,23). The van der Waals surface area contributed by atoms with E-state index in [0.29, 0.717) is 22.5 Å². The van der Waals surface area contributed by atoms with Gasteiger partial charge in [-0.25, -0.2) is 9.36 Å². The number of aromatic nitrogens is 2. The van der Waals surface area contributed by atoms with Crippen LogP contribution in [-0.2, 0) is 0 Å². The molecule has 1 aliphatic carbocycles. The van der Waals surface area contributed by atoms with Gasteiger partial charge in [-0.05, 0) is 42.2 Å². The third-order valence-corrected chi connectivity index (χ3v) is 4.75. The Balaban J connectivity index is 1.64. The Bertz CT molecular complexity index is 1020. The molecule has 0 radical (unpaired) electrons. The van der Waals surface area contributed by atoms with E-state index < -0.39 is 0 Å². The SMILES string of the molecule is COc1ccc(C2CC2C(=O)n2c(=O)[nH]c3ccccc32)cc1OC. The van der Waals surface area contributed by atoms with Crippen LogP contribution in [0.4, 0.5) is 0 Å². The normalized spacial score (nSPS) is 19.0. The van der Waals surface area contributed by atoms with Crippen molar-refractivity contribution in [1.29, 1.82) is 0 Å². The van der Waals surface area contributed by atoms with Crippen LogP contribution in [0.3, 0.4) is 0 Å². The Morgan fingerprint density at radius 3 is 2.64 bits per heavy atom. The lowest BCUT2D eigenvalue weighted by Gasteiger charge is -2.09. The highest BCUT2D eigenvalue weighted by Crippen LogP contribution is 2.49. The number of carbonyl (C=O) groups excluding carboxylic acids is 1. The molecule has 0 bridgehead atoms. The summed E-state index contributed by atoms with van der Waals surface area (Å²) in [4.78, 5) is 27.8. The first kappa shape index (κ1) is 15.5. The third kappa shape index (κ3) is 2.50. The predicted octanol–water partition coefficient (Wildman–Crippen LogP) is 2.79. The summed E-state index contributed by atoms with van der Waals surface area (Å²) in [5, 5.41) is 0. The number of nitrogens with one attached hydrogen (secondary N) is 1. The quantitative estimate of drug-likeness (QED) is 0.794. The van der Waals surface area contributed by atoms with E-state index in [1.807, 2.05) is 30.3 Å². The molecule has 1 fully saturated rings. The summed E-state index contributed by atoms with van der Waals surface area (Å²) in [6, 6.07) is 12.9. The fraction of sp³-hybridized carbons (Fsp3) is 0.263. The van der Waals surface area contributed by atoms with Gasteiger partial charge in [0, 0.05) is 5.92 Å². The van der Waals surface area contributed by atoms with E-state index in [0.717, 1.165) is 12.0 Å². The van der Waals surface area contributed by atoms with Gasteiger partial charge in [0.1, 0.15) is 0 Å². The molecule has 1 saturated carbocycles. The maximum absolute atomic E-state index is 12.9. The summed E-state index contributed by atoms with van der Waals surface area (Å²) in [5.41, 5.74) is 1.92. The van der Waals surface area contributed by atoms with Crippen molar-refractivity contribution in [3.63, 3.8) is 0 Å². The monoisotopic (exact) mass is 338 g/mol. The van der Waals surface area contributed by atoms with Crippen LogP contribution >= 0.6 is 0 Å². The maximum Gasteiger partial charge on any atom is 0.333 e. The van der Waals surface area contributed by atoms with Crippen molar-refractivity contribution < 1.29 is 14.3 Å². The zero-order valence-corrected chi connectivity index (χ0v) is 14.0. The summed E-state index contributed by atoms with van der Waals surface area (Å²) < 4.78 is 11.8. The number of rotatable bonds is 4. The molecule has 1 N–H and O–H groups in total. The largest absolute Gasteiger partial charge is 0.493 e. The molecule has 1 heterocycles. The Labute approximate surface area is 144 Å². The molecule has 1 aliphatic rings. The van der Waals surface area contributed by atoms with E-state index in [4.69, 9.17) is 9.47 Å². The van der Waals surface area contributed by atoms with Crippen LogP contribution in [0.15, 0.2) is 47.3 Å². The van der Waals surface area contributed by atoms with Gasteiger partial charge < -0.3 is 14.5 Å². The number of H-pyrrole nitrogens is 1. The van der Waals surface area contributed by atoms with E-state index in [2.05, 4.69) is 4.98 Å². The second-order valence-corrected chi connectivity index (χ2v) is 6.18. The van der Waals surface area contributed by atoms with E-state index in [-0.39, 0.29) is 23.4 Å². The number of para-hydroxylation sites is 2. The van der Waals surface area contributed by atoms with Gasteiger partial charge in [0.25, 0.3) is 0 Å². The summed E-state index contributed by atoms with van der Waals surface area (Å²) >= 11 is 0. The van der Waals surface area contributed by atoms with Crippen LogP contribution in [0.5, 0.6) is 11.5 Å². The van der Waals surface area contributed by atoms with Crippen molar-refractivity contribution >= 4 is 16.9 Å². The molecule has 0 saturated heterocycles. The van der Waals surface area contributed by atoms with Gasteiger partial charge in [-0.15, -0.1) is 0 Å². The van der Waals surface area contributed by atoms with Crippen molar-refractivity contribution in [2.45, 2.75) is 12.3 Å². The van der Waals surface area contributed by atoms with Gasteiger partial charge in [0.2, 0.25) is 5.91 Å². The molecule has 1 aromatic heterocycles. The fourth-order valence-electron chi connectivity index (χ4n) is 3.36. The topological polar surface area (TPSA) is 73.3 Å². The van der Waals surface area contributed by atoms with Crippen molar-refractivity contribution in [2.24, 2.45) is 5.92 Å². The van der Waals surface area contributed by atoms with Crippen LogP contribution < -0.4 is 15.2 Å². The smallest absolute Gasteiger partial charge is 0.333 e. The van der Waals surface area contributed by atoms with Crippen LogP contribution in [0.1, 0.15) is 22.7 Å². The molecule has 128 valence electrons. The van der Waals surface area contributed by atoms with Crippen molar-refractivity contribution in [3.8, 4) is 11.5 Å². The molecule has 0 spiro atoms. The molecule has 0 amide bonds. The molecule has 25 heavy (non-hydrogen) atoms. The average molecular weight is 338 g/mol. The lowest BCUT2D eigenvalue weighted by molar-refractivity contribution is 0.0884. The van der Waals surface area contributed by atoms with Crippen molar-refractivity contribution in [2.75, 3.05) is 14.2 Å². The van der Waals surface area contributed by atoms with Crippen molar-refractivity contribution in [3.05, 3.63) is 58.5 Å². The van der Waals surface area contributed by atoms with E-state index in [9.17, 15) is 9.59 Å². The lowest BCUT2D eigenvalue weighted by Crippen LogP contribution is -2.25. The molecule has 0 aliphatic heterocycles. The molecular formula is C19H18N2O4. The zero-order valence-electron chi connectivity index (χ0n) is 14.0. The minimum absolute atomic E-state index is 0.0906. The molecule has 2 unspecified atom stereocenters. The van der Waals surface area contributed by atoms with Crippen LogP contribution in [0.25, 0.3) is 11.0 Å². The van der Waals surface area contributed by atoms with Crippen LogP contribution in [0, 0.1) is 5.92 Å². The Morgan fingerprint density at radius 1 is 1.12 bits per heavy atom. The van der Waals surface area contributed by atoms with Gasteiger partial charge in [0.15, 0.2) is 11.5 Å². The third-order valence-electron chi connectivity index (χ3n) is 4.75. The maximum atomic E-state index is 12.9. The minimum atomic E-state index is -0.385. The van der Waals surface area contributed by atoms with Gasteiger partial charge >= 0.3 is 5.69 Å². The number of fused-ring (bicyclic) bond motifs is 1. The fourth-order valence-corrected chi connectivity index (χ4v) is 3.36. The first-order valence-corrected chi connectivity index (χ1v) is 8.10. The van der Waals surface area contributed by atoms with Gasteiger partial charge in [-0.1, -0.05) is 18.2 Å². The Kier molecular flexibility index (Phi) is 3.60. The number of nitrogens with zero attached hydrogens (tertiary/aromatic N) is 1. The van der Waals surface area contributed by atoms with Gasteiger partial charge in [0.05, 0.1) is 25.3 Å². The molecule has 2 aromatic carbocycles. The minimum Gasteiger partial charge on any atom is -0.493 e. The van der Waals surface area contributed by atoms with Crippen LogP contribution in [-0.4, -0.2) is 29.7 Å². The highest BCUT2D eigenvalue weighted by molar-refractivity contribution is 5.93. The number of hydrogen-bond acceptors (Lipinski definition) is 4. The Hall–Kier alpha value is -3.02. The Morgan fingerprint density at radius 2 is 1.88 bits per heavy atom. The van der Waals surface area contributed by atoms with Gasteiger partial charge in [-0.3, -0.25) is 4.79 Å². The number of imidazole rings is 1. The summed E-state index contributed by atoms with van der Waals surface area (Å²) in [5.74, 6) is 1.02. The lowest BCUT2D eigenvalue weighted by atomic mass is 10.1. The first-order valence-electron chi connectivity index (χ1n) is 8.10. The first-order chi connectivity index (χ1) is 12.1. The highest BCUT2D eigenvalue weighted by Gasteiger charge is 2.45. The number of benzene rings is 2. The highest BCUT2D eigenvalue weighted by atomic mass is 16.5. The number of aromatic amines is 1. The second kappa shape index (κ2) is 5.81. The number of hydrogen-bond donors (Lipinski definition) is 1. The molecule has 6 nitrogen and oxygen atoms in total. The van der Waals surface area contributed by atoms with E-state index >= 15 is 0 Å². The molecule has 3 aromatic rings. The predicted molar refractivity (Wildman–Crippen MR) is 93.6 cm³/mol. The van der Waals surface area contributed by atoms with E-state index in [1.165, 1.54) is 4.57 Å².